The third kappa shape index (κ3) is 3.76. The molecule has 0 radical (unpaired) electrons. The first-order chi connectivity index (χ1) is 14.6. The van der Waals surface area contributed by atoms with Gasteiger partial charge in [0.2, 0.25) is 11.1 Å². The predicted molar refractivity (Wildman–Crippen MR) is 116 cm³/mol. The lowest BCUT2D eigenvalue weighted by Gasteiger charge is -2.10. The lowest BCUT2D eigenvalue weighted by atomic mass is 10.2. The number of hydrogen-bond acceptors (Lipinski definition) is 5. The molecule has 9 heteroatoms. The van der Waals surface area contributed by atoms with E-state index in [0.717, 1.165) is 24.4 Å². The van der Waals surface area contributed by atoms with E-state index in [0.29, 0.717) is 27.8 Å². The maximum Gasteiger partial charge on any atom is 0.323 e. The van der Waals surface area contributed by atoms with E-state index in [1.165, 1.54) is 11.8 Å². The number of H-pyrrole nitrogens is 2. The molecule has 1 fully saturated rings. The van der Waals surface area contributed by atoms with Crippen molar-refractivity contribution in [2.45, 2.75) is 36.1 Å². The van der Waals surface area contributed by atoms with Crippen LogP contribution in [0.5, 0.6) is 0 Å². The maximum atomic E-state index is 12.7. The van der Waals surface area contributed by atoms with Crippen LogP contribution in [0.3, 0.4) is 0 Å². The fourth-order valence-corrected chi connectivity index (χ4v) is 4.04. The van der Waals surface area contributed by atoms with E-state index in [1.807, 2.05) is 41.9 Å². The number of amides is 1. The number of anilines is 1. The number of rotatable bonds is 6. The number of imidazole rings is 1. The average molecular weight is 420 g/mol. The molecule has 0 aliphatic heterocycles. The van der Waals surface area contributed by atoms with Gasteiger partial charge in [-0.2, -0.15) is 0 Å². The summed E-state index contributed by atoms with van der Waals surface area (Å²) in [7, 11) is 0. The van der Waals surface area contributed by atoms with Crippen molar-refractivity contribution >= 4 is 34.4 Å². The van der Waals surface area contributed by atoms with Crippen molar-refractivity contribution in [1.29, 1.82) is 0 Å². The van der Waals surface area contributed by atoms with Crippen LogP contribution in [0.25, 0.3) is 16.7 Å². The fraction of sp³-hybridized carbons (Fsp3) is 0.238. The van der Waals surface area contributed by atoms with Gasteiger partial charge in [0.15, 0.2) is 0 Å². The fourth-order valence-electron chi connectivity index (χ4n) is 3.29. The molecular weight excluding hydrogens is 400 g/mol. The number of para-hydroxylation sites is 1. The summed E-state index contributed by atoms with van der Waals surface area (Å²) in [5.74, 6) is 1.24. The summed E-state index contributed by atoms with van der Waals surface area (Å²) in [6.07, 6.45) is 2.24. The zero-order valence-corrected chi connectivity index (χ0v) is 17.1. The van der Waals surface area contributed by atoms with Crippen LogP contribution in [0.4, 0.5) is 5.69 Å². The van der Waals surface area contributed by atoms with Crippen LogP contribution in [-0.4, -0.2) is 35.9 Å². The topological polar surface area (TPSA) is 108 Å². The first kappa shape index (κ1) is 18.7. The third-order valence-corrected chi connectivity index (χ3v) is 5.94. The molecule has 2 aromatic carbocycles. The van der Waals surface area contributed by atoms with Gasteiger partial charge in [0.1, 0.15) is 5.82 Å². The van der Waals surface area contributed by atoms with Crippen LogP contribution in [0.15, 0.2) is 58.5 Å². The Morgan fingerprint density at radius 2 is 1.93 bits per heavy atom. The molecule has 1 amide bonds. The number of hydrogen-bond donors (Lipinski definition) is 3. The van der Waals surface area contributed by atoms with E-state index >= 15 is 0 Å². The number of nitrogens with zero attached hydrogens (tertiary/aromatic N) is 3. The highest BCUT2D eigenvalue weighted by Crippen LogP contribution is 2.40. The minimum absolute atomic E-state index is 0.152. The van der Waals surface area contributed by atoms with Gasteiger partial charge in [-0.15, -0.1) is 5.10 Å². The number of carbonyl (C=O) groups is 1. The van der Waals surface area contributed by atoms with Gasteiger partial charge in [0, 0.05) is 11.6 Å². The average Bonchev–Trinajstić information content (AvgIpc) is 3.40. The Hall–Kier alpha value is -3.33. The molecule has 1 aliphatic rings. The van der Waals surface area contributed by atoms with Gasteiger partial charge in [0.05, 0.1) is 22.0 Å². The molecule has 5 rings (SSSR count). The summed E-state index contributed by atoms with van der Waals surface area (Å²) in [6.45, 7) is 1.83. The Labute approximate surface area is 176 Å². The molecule has 1 saturated carbocycles. The largest absolute Gasteiger partial charge is 0.325 e. The van der Waals surface area contributed by atoms with E-state index in [1.54, 1.807) is 18.2 Å². The van der Waals surface area contributed by atoms with Crippen molar-refractivity contribution in [3.05, 3.63) is 64.8 Å². The van der Waals surface area contributed by atoms with Gasteiger partial charge in [-0.3, -0.25) is 4.79 Å². The Bertz CT molecular complexity index is 1270. The quantitative estimate of drug-likeness (QED) is 0.414. The highest BCUT2D eigenvalue weighted by atomic mass is 32.2. The van der Waals surface area contributed by atoms with Crippen LogP contribution >= 0.6 is 11.8 Å². The summed E-state index contributed by atoms with van der Waals surface area (Å²) < 4.78 is 1.89. The summed E-state index contributed by atoms with van der Waals surface area (Å²) in [4.78, 5) is 34.2. The maximum absolute atomic E-state index is 12.7. The van der Waals surface area contributed by atoms with Crippen LogP contribution in [-0.2, 0) is 4.79 Å². The van der Waals surface area contributed by atoms with Crippen molar-refractivity contribution in [1.82, 2.24) is 24.7 Å². The van der Waals surface area contributed by atoms with Crippen LogP contribution < -0.4 is 11.0 Å². The second-order valence-corrected chi connectivity index (χ2v) is 8.67. The van der Waals surface area contributed by atoms with E-state index in [9.17, 15) is 9.59 Å². The number of fused-ring (bicyclic) bond motifs is 1. The van der Waals surface area contributed by atoms with Crippen molar-refractivity contribution < 1.29 is 4.79 Å². The highest BCUT2D eigenvalue weighted by Gasteiger charge is 2.31. The molecule has 1 aliphatic carbocycles. The second kappa shape index (κ2) is 7.49. The Kier molecular flexibility index (Phi) is 4.66. The Morgan fingerprint density at radius 3 is 2.70 bits per heavy atom. The number of carbonyl (C=O) groups excluding carboxylic acids is 1. The molecule has 0 spiro atoms. The Morgan fingerprint density at radius 1 is 1.17 bits per heavy atom. The smallest absolute Gasteiger partial charge is 0.323 e. The Balaban J connectivity index is 1.32. The third-order valence-electron chi connectivity index (χ3n) is 4.99. The predicted octanol–water partition coefficient (Wildman–Crippen LogP) is 3.43. The van der Waals surface area contributed by atoms with Gasteiger partial charge < -0.3 is 15.3 Å². The standard InChI is InChI=1S/C21H20N6O2S/c1-12(19(28)22-14-9-10-16-17(11-14)24-20(29)23-16)30-21-25-18(13-7-8-13)27(26-21)15-5-3-2-4-6-15/h2-6,9-13H,7-8H2,1H3,(H,22,28)(H2,23,24,29)/t12-/m1/s1. The number of aromatic amines is 2. The van der Waals surface area contributed by atoms with E-state index in [2.05, 4.69) is 20.4 Å². The number of thioether (sulfide) groups is 1. The van der Waals surface area contributed by atoms with E-state index in [4.69, 9.17) is 4.98 Å². The van der Waals surface area contributed by atoms with Crippen molar-refractivity contribution in [2.75, 3.05) is 5.32 Å². The first-order valence-electron chi connectivity index (χ1n) is 9.79. The van der Waals surface area contributed by atoms with Crippen molar-refractivity contribution in [2.24, 2.45) is 0 Å². The minimum atomic E-state index is -0.385. The number of benzene rings is 2. The molecular formula is C21H20N6O2S. The SMILES string of the molecule is C[C@@H](Sc1nc(C2CC2)n(-c2ccccc2)n1)C(=O)Nc1ccc2[nH]c(=O)[nH]c2c1. The molecule has 2 aromatic heterocycles. The summed E-state index contributed by atoms with van der Waals surface area (Å²) in [5, 5.41) is 7.76. The summed E-state index contributed by atoms with van der Waals surface area (Å²) in [5.41, 5.74) is 2.67. The van der Waals surface area contributed by atoms with Gasteiger partial charge in [-0.25, -0.2) is 14.5 Å². The normalized spacial score (nSPS) is 14.7. The highest BCUT2D eigenvalue weighted by molar-refractivity contribution is 8.00. The van der Waals surface area contributed by atoms with E-state index < -0.39 is 0 Å². The van der Waals surface area contributed by atoms with Crippen LogP contribution in [0, 0.1) is 0 Å². The number of nitrogens with one attached hydrogen (secondary N) is 3. The molecule has 2 heterocycles. The van der Waals surface area contributed by atoms with Crippen molar-refractivity contribution in [3.63, 3.8) is 0 Å². The zero-order valence-electron chi connectivity index (χ0n) is 16.3. The molecule has 0 saturated heterocycles. The summed E-state index contributed by atoms with van der Waals surface area (Å²) >= 11 is 1.33. The number of aromatic nitrogens is 5. The van der Waals surface area contributed by atoms with Gasteiger partial charge in [0.25, 0.3) is 0 Å². The first-order valence-corrected chi connectivity index (χ1v) is 10.7. The van der Waals surface area contributed by atoms with Crippen LogP contribution in [0.2, 0.25) is 0 Å². The molecule has 30 heavy (non-hydrogen) atoms. The molecule has 0 unspecified atom stereocenters. The minimum Gasteiger partial charge on any atom is -0.325 e. The zero-order chi connectivity index (χ0) is 20.7. The second-order valence-electron chi connectivity index (χ2n) is 7.36. The van der Waals surface area contributed by atoms with Crippen molar-refractivity contribution in [3.8, 4) is 5.69 Å². The summed E-state index contributed by atoms with van der Waals surface area (Å²) in [6, 6.07) is 15.2. The monoisotopic (exact) mass is 420 g/mol. The molecule has 4 aromatic rings. The molecule has 8 nitrogen and oxygen atoms in total. The molecule has 1 atom stereocenters. The van der Waals surface area contributed by atoms with Crippen LogP contribution in [0.1, 0.15) is 31.5 Å². The van der Waals surface area contributed by atoms with E-state index in [-0.39, 0.29) is 16.8 Å². The lowest BCUT2D eigenvalue weighted by molar-refractivity contribution is -0.115. The lowest BCUT2D eigenvalue weighted by Crippen LogP contribution is -2.22. The molecule has 152 valence electrons. The molecule has 0 bridgehead atoms. The van der Waals surface area contributed by atoms with Gasteiger partial charge in [-0.1, -0.05) is 30.0 Å². The molecule has 3 N–H and O–H groups in total. The van der Waals surface area contributed by atoms with Gasteiger partial charge in [-0.05, 0) is 50.1 Å². The van der Waals surface area contributed by atoms with Gasteiger partial charge >= 0.3 is 5.69 Å².